The molecule has 0 radical (unpaired) electrons. The molecule has 0 saturated carbocycles. The zero-order chi connectivity index (χ0) is 18.0. The second-order valence-corrected chi connectivity index (χ2v) is 5.94. The van der Waals surface area contributed by atoms with Crippen LogP contribution in [0.1, 0.15) is 17.3 Å². The summed E-state index contributed by atoms with van der Waals surface area (Å²) in [6.45, 7) is 4.02. The fraction of sp³-hybridized carbons (Fsp3) is 0.278. The quantitative estimate of drug-likeness (QED) is 0.484. The molecule has 0 aromatic heterocycles. The number of nitrogens with zero attached hydrogens (tertiary/aromatic N) is 3. The van der Waals surface area contributed by atoms with Gasteiger partial charge in [0, 0.05) is 44.0 Å². The van der Waals surface area contributed by atoms with Crippen LogP contribution < -0.4 is 9.80 Å². The lowest BCUT2D eigenvalue weighted by molar-refractivity contribution is -0.384. The van der Waals surface area contributed by atoms with Crippen LogP contribution in [0.3, 0.4) is 0 Å². The SMILES string of the molecule is CC(=O)c1c(F)cccc1N1CCN(c2ccc([N+](=O)[O-])cc2)CC1. The van der Waals surface area contributed by atoms with E-state index in [1.807, 2.05) is 4.90 Å². The molecule has 1 fully saturated rings. The Morgan fingerprint density at radius 1 is 1.04 bits per heavy atom. The maximum absolute atomic E-state index is 14.0. The largest absolute Gasteiger partial charge is 0.368 e. The first-order valence-corrected chi connectivity index (χ1v) is 8.01. The molecule has 1 saturated heterocycles. The normalized spacial score (nSPS) is 14.5. The van der Waals surface area contributed by atoms with Crippen molar-refractivity contribution in [1.82, 2.24) is 0 Å². The summed E-state index contributed by atoms with van der Waals surface area (Å²) in [5, 5.41) is 10.7. The summed E-state index contributed by atoms with van der Waals surface area (Å²) in [6.07, 6.45) is 0. The van der Waals surface area contributed by atoms with E-state index in [9.17, 15) is 19.3 Å². The minimum atomic E-state index is -0.497. The lowest BCUT2D eigenvalue weighted by atomic mass is 10.1. The topological polar surface area (TPSA) is 66.7 Å². The third kappa shape index (κ3) is 3.45. The Balaban J connectivity index is 1.73. The fourth-order valence-electron chi connectivity index (χ4n) is 3.12. The van der Waals surface area contributed by atoms with Crippen LogP contribution in [0.25, 0.3) is 0 Å². The molecule has 1 aliphatic rings. The van der Waals surface area contributed by atoms with Gasteiger partial charge in [-0.05, 0) is 31.2 Å². The molecule has 3 rings (SSSR count). The predicted molar refractivity (Wildman–Crippen MR) is 93.9 cm³/mol. The van der Waals surface area contributed by atoms with Crippen LogP contribution in [0.5, 0.6) is 0 Å². The summed E-state index contributed by atoms with van der Waals surface area (Å²) >= 11 is 0. The maximum atomic E-state index is 14.0. The highest BCUT2D eigenvalue weighted by Gasteiger charge is 2.22. The Morgan fingerprint density at radius 3 is 2.20 bits per heavy atom. The van der Waals surface area contributed by atoms with E-state index < -0.39 is 10.7 Å². The lowest BCUT2D eigenvalue weighted by Gasteiger charge is -2.38. The second kappa shape index (κ2) is 6.88. The summed E-state index contributed by atoms with van der Waals surface area (Å²) in [5.41, 5.74) is 1.73. The second-order valence-electron chi connectivity index (χ2n) is 5.94. The van der Waals surface area contributed by atoms with Gasteiger partial charge in [0.2, 0.25) is 0 Å². The molecule has 2 aromatic carbocycles. The first-order valence-electron chi connectivity index (χ1n) is 8.01. The van der Waals surface area contributed by atoms with Crippen LogP contribution in [-0.4, -0.2) is 36.9 Å². The van der Waals surface area contributed by atoms with Gasteiger partial charge >= 0.3 is 0 Å². The van der Waals surface area contributed by atoms with Gasteiger partial charge in [-0.25, -0.2) is 4.39 Å². The van der Waals surface area contributed by atoms with E-state index in [4.69, 9.17) is 0 Å². The van der Waals surface area contributed by atoms with Crippen molar-refractivity contribution in [2.45, 2.75) is 6.92 Å². The Kier molecular flexibility index (Phi) is 4.65. The standard InChI is InChI=1S/C18H18FN3O3/c1-13(23)18-16(19)3-2-4-17(18)21-11-9-20(10-12-21)14-5-7-15(8-6-14)22(24)25/h2-8H,9-12H2,1H3. The molecule has 6 nitrogen and oxygen atoms in total. The third-order valence-electron chi connectivity index (χ3n) is 4.39. The minimum absolute atomic E-state index is 0.0632. The summed E-state index contributed by atoms with van der Waals surface area (Å²) in [4.78, 5) is 26.2. The number of hydrogen-bond acceptors (Lipinski definition) is 5. The molecule has 25 heavy (non-hydrogen) atoms. The molecule has 0 aliphatic carbocycles. The molecular formula is C18H18FN3O3. The Morgan fingerprint density at radius 2 is 1.64 bits per heavy atom. The van der Waals surface area contributed by atoms with Crippen LogP contribution in [0.4, 0.5) is 21.5 Å². The van der Waals surface area contributed by atoms with Gasteiger partial charge in [0.15, 0.2) is 5.78 Å². The number of nitro benzene ring substituents is 1. The van der Waals surface area contributed by atoms with Crippen molar-refractivity contribution >= 4 is 22.8 Å². The molecule has 0 amide bonds. The van der Waals surface area contributed by atoms with Crippen LogP contribution in [0, 0.1) is 15.9 Å². The fourth-order valence-corrected chi connectivity index (χ4v) is 3.12. The first kappa shape index (κ1) is 16.9. The Labute approximate surface area is 144 Å². The number of piperazine rings is 1. The minimum Gasteiger partial charge on any atom is -0.368 e. The predicted octanol–water partition coefficient (Wildman–Crippen LogP) is 3.26. The van der Waals surface area contributed by atoms with Crippen molar-refractivity contribution in [3.05, 3.63) is 64.0 Å². The number of carbonyl (C=O) groups excluding carboxylic acids is 1. The summed E-state index contributed by atoms with van der Waals surface area (Å²) in [7, 11) is 0. The number of anilines is 2. The highest BCUT2D eigenvalue weighted by Crippen LogP contribution is 2.27. The zero-order valence-electron chi connectivity index (χ0n) is 13.8. The van der Waals surface area contributed by atoms with Crippen molar-refractivity contribution in [3.63, 3.8) is 0 Å². The Hall–Kier alpha value is -2.96. The van der Waals surface area contributed by atoms with Crippen LogP contribution in [0.15, 0.2) is 42.5 Å². The highest BCUT2D eigenvalue weighted by molar-refractivity contribution is 6.00. The summed E-state index contributed by atoms with van der Waals surface area (Å²) < 4.78 is 14.0. The molecule has 2 aromatic rings. The van der Waals surface area contributed by atoms with Gasteiger partial charge in [-0.1, -0.05) is 6.07 Å². The highest BCUT2D eigenvalue weighted by atomic mass is 19.1. The van der Waals surface area contributed by atoms with E-state index >= 15 is 0 Å². The Bertz CT molecular complexity index is 800. The van der Waals surface area contributed by atoms with Gasteiger partial charge in [0.1, 0.15) is 5.82 Å². The molecular weight excluding hydrogens is 325 g/mol. The monoisotopic (exact) mass is 343 g/mol. The maximum Gasteiger partial charge on any atom is 0.269 e. The van der Waals surface area contributed by atoms with E-state index in [1.54, 1.807) is 24.3 Å². The van der Waals surface area contributed by atoms with Crippen molar-refractivity contribution in [2.75, 3.05) is 36.0 Å². The first-order chi connectivity index (χ1) is 12.0. The zero-order valence-corrected chi connectivity index (χ0v) is 13.8. The van der Waals surface area contributed by atoms with Crippen LogP contribution in [-0.2, 0) is 0 Å². The van der Waals surface area contributed by atoms with Crippen molar-refractivity contribution in [3.8, 4) is 0 Å². The van der Waals surface area contributed by atoms with Gasteiger partial charge in [-0.15, -0.1) is 0 Å². The van der Waals surface area contributed by atoms with Gasteiger partial charge < -0.3 is 9.80 Å². The number of Topliss-reactive ketones (excluding diaryl/α,β-unsaturated/α-hetero) is 1. The molecule has 1 aliphatic heterocycles. The molecule has 130 valence electrons. The molecule has 7 heteroatoms. The van der Waals surface area contributed by atoms with E-state index in [0.29, 0.717) is 31.9 Å². The number of benzene rings is 2. The molecule has 0 atom stereocenters. The van der Waals surface area contributed by atoms with Gasteiger partial charge in [-0.3, -0.25) is 14.9 Å². The average Bonchev–Trinajstić information content (AvgIpc) is 2.61. The van der Waals surface area contributed by atoms with Crippen LogP contribution in [0.2, 0.25) is 0 Å². The smallest absolute Gasteiger partial charge is 0.269 e. The number of non-ortho nitro benzene ring substituents is 1. The van der Waals surface area contributed by atoms with Gasteiger partial charge in [0.05, 0.1) is 16.2 Å². The molecule has 0 spiro atoms. The molecule has 0 unspecified atom stereocenters. The molecule has 1 heterocycles. The molecule has 0 N–H and O–H groups in total. The van der Waals surface area contributed by atoms with E-state index in [2.05, 4.69) is 4.90 Å². The van der Waals surface area contributed by atoms with Gasteiger partial charge in [0.25, 0.3) is 5.69 Å². The molecule has 0 bridgehead atoms. The number of ketones is 1. The summed E-state index contributed by atoms with van der Waals surface area (Å²) in [6, 6.07) is 11.1. The van der Waals surface area contributed by atoms with Crippen molar-refractivity contribution in [1.29, 1.82) is 0 Å². The lowest BCUT2D eigenvalue weighted by Crippen LogP contribution is -2.47. The summed E-state index contributed by atoms with van der Waals surface area (Å²) in [5.74, 6) is -0.784. The van der Waals surface area contributed by atoms with Crippen molar-refractivity contribution < 1.29 is 14.1 Å². The van der Waals surface area contributed by atoms with E-state index in [1.165, 1.54) is 25.1 Å². The number of rotatable bonds is 4. The van der Waals surface area contributed by atoms with Crippen LogP contribution >= 0.6 is 0 Å². The van der Waals surface area contributed by atoms with Crippen molar-refractivity contribution in [2.24, 2.45) is 0 Å². The van der Waals surface area contributed by atoms with Gasteiger partial charge in [-0.2, -0.15) is 0 Å². The number of nitro groups is 1. The average molecular weight is 343 g/mol. The number of carbonyl (C=O) groups is 1. The number of hydrogen-bond donors (Lipinski definition) is 0. The number of halogens is 1. The third-order valence-corrected chi connectivity index (χ3v) is 4.39. The van der Waals surface area contributed by atoms with E-state index in [0.717, 1.165) is 5.69 Å². The van der Waals surface area contributed by atoms with E-state index in [-0.39, 0.29) is 17.0 Å².